The van der Waals surface area contributed by atoms with Crippen LogP contribution in [0.1, 0.15) is 28.8 Å². The number of nitrogens with zero attached hydrogens (tertiary/aromatic N) is 2. The van der Waals surface area contributed by atoms with E-state index in [0.717, 1.165) is 18.7 Å². The second-order valence-corrected chi connectivity index (χ2v) is 6.69. The van der Waals surface area contributed by atoms with E-state index in [1.54, 1.807) is 0 Å². The summed E-state index contributed by atoms with van der Waals surface area (Å²) in [6.07, 6.45) is 3.17. The molecular weight excluding hydrogens is 354 g/mol. The van der Waals surface area contributed by atoms with Crippen LogP contribution in [0.3, 0.4) is 0 Å². The van der Waals surface area contributed by atoms with Crippen LogP contribution in [-0.4, -0.2) is 30.5 Å². The predicted octanol–water partition coefficient (Wildman–Crippen LogP) is 3.82. The molecule has 1 saturated heterocycles. The molecule has 3 rings (SSSR count). The molecule has 0 unspecified atom stereocenters. The van der Waals surface area contributed by atoms with E-state index in [9.17, 15) is 14.9 Å². The number of carbonyl (C=O) groups is 1. The number of rotatable bonds is 6. The number of non-ortho nitro benzene ring substituents is 1. The van der Waals surface area contributed by atoms with Crippen molar-refractivity contribution < 1.29 is 9.72 Å². The Hall–Kier alpha value is -2.60. The molecule has 6 nitrogen and oxygen atoms in total. The molecule has 0 atom stereocenters. The van der Waals surface area contributed by atoms with Gasteiger partial charge in [0.2, 0.25) is 0 Å². The molecule has 7 heteroatoms. The highest BCUT2D eigenvalue weighted by Gasteiger charge is 2.15. The fraction of sp³-hybridized carbons (Fsp3) is 0.316. The Bertz CT molecular complexity index is 802. The highest BCUT2D eigenvalue weighted by atomic mass is 35.5. The van der Waals surface area contributed by atoms with Gasteiger partial charge < -0.3 is 10.2 Å². The first kappa shape index (κ1) is 18.2. The maximum absolute atomic E-state index is 12.2. The van der Waals surface area contributed by atoms with E-state index >= 15 is 0 Å². The lowest BCUT2D eigenvalue weighted by atomic mass is 10.1. The highest BCUT2D eigenvalue weighted by Crippen LogP contribution is 2.22. The van der Waals surface area contributed by atoms with Crippen molar-refractivity contribution in [1.29, 1.82) is 0 Å². The zero-order valence-electron chi connectivity index (χ0n) is 14.3. The molecule has 1 N–H and O–H groups in total. The van der Waals surface area contributed by atoms with Gasteiger partial charge in [-0.3, -0.25) is 14.9 Å². The van der Waals surface area contributed by atoms with Gasteiger partial charge >= 0.3 is 0 Å². The molecule has 1 heterocycles. The fourth-order valence-corrected chi connectivity index (χ4v) is 3.27. The van der Waals surface area contributed by atoms with Gasteiger partial charge in [-0.15, -0.1) is 0 Å². The summed E-state index contributed by atoms with van der Waals surface area (Å²) in [5.74, 6) is -0.410. The first-order valence-electron chi connectivity index (χ1n) is 8.60. The van der Waals surface area contributed by atoms with Crippen molar-refractivity contribution in [3.63, 3.8) is 0 Å². The molecule has 2 aromatic carbocycles. The number of anilines is 1. The number of nitro benzene ring substituents is 1. The summed E-state index contributed by atoms with van der Waals surface area (Å²) in [4.78, 5) is 24.9. The lowest BCUT2D eigenvalue weighted by Crippen LogP contribution is -2.26. The second kappa shape index (κ2) is 8.19. The predicted molar refractivity (Wildman–Crippen MR) is 102 cm³/mol. The summed E-state index contributed by atoms with van der Waals surface area (Å²) in [5.41, 5.74) is 2.32. The van der Waals surface area contributed by atoms with Crippen molar-refractivity contribution in [1.82, 2.24) is 5.32 Å². The van der Waals surface area contributed by atoms with Gasteiger partial charge in [0.25, 0.3) is 11.6 Å². The molecule has 0 spiro atoms. The van der Waals surface area contributed by atoms with Gasteiger partial charge in [0.1, 0.15) is 0 Å². The summed E-state index contributed by atoms with van der Waals surface area (Å²) < 4.78 is 0. The molecular formula is C19H20ClN3O3. The molecule has 1 fully saturated rings. The second-order valence-electron chi connectivity index (χ2n) is 6.29. The van der Waals surface area contributed by atoms with E-state index in [1.807, 2.05) is 0 Å². The Balaban J connectivity index is 1.55. The number of halogens is 1. The van der Waals surface area contributed by atoms with Crippen LogP contribution in [0.2, 0.25) is 5.02 Å². The standard InChI is InChI=1S/C19H20ClN3O3/c20-18-8-7-16(23(25)26)13-17(18)19(24)21-10-9-14-3-5-15(6-4-14)22-11-1-2-12-22/h3-8,13H,1-2,9-12H2,(H,21,24). The monoisotopic (exact) mass is 373 g/mol. The highest BCUT2D eigenvalue weighted by molar-refractivity contribution is 6.33. The van der Waals surface area contributed by atoms with Crippen LogP contribution < -0.4 is 10.2 Å². The van der Waals surface area contributed by atoms with E-state index in [2.05, 4.69) is 34.5 Å². The molecule has 0 bridgehead atoms. The smallest absolute Gasteiger partial charge is 0.270 e. The van der Waals surface area contributed by atoms with E-state index in [-0.39, 0.29) is 16.3 Å². The van der Waals surface area contributed by atoms with Crippen molar-refractivity contribution in [3.05, 3.63) is 68.7 Å². The molecule has 1 aliphatic heterocycles. The Morgan fingerprint density at radius 2 is 1.85 bits per heavy atom. The Labute approximate surface area is 156 Å². The minimum absolute atomic E-state index is 0.116. The van der Waals surface area contributed by atoms with Gasteiger partial charge in [-0.25, -0.2) is 0 Å². The minimum Gasteiger partial charge on any atom is -0.372 e. The topological polar surface area (TPSA) is 75.5 Å². The zero-order valence-corrected chi connectivity index (χ0v) is 15.0. The van der Waals surface area contributed by atoms with Gasteiger partial charge in [-0.05, 0) is 43.0 Å². The molecule has 136 valence electrons. The van der Waals surface area contributed by atoms with Crippen LogP contribution >= 0.6 is 11.6 Å². The number of hydrogen-bond acceptors (Lipinski definition) is 4. The number of hydrogen-bond donors (Lipinski definition) is 1. The van der Waals surface area contributed by atoms with Gasteiger partial charge in [0, 0.05) is 37.5 Å². The van der Waals surface area contributed by atoms with Crippen molar-refractivity contribution in [3.8, 4) is 0 Å². The van der Waals surface area contributed by atoms with E-state index in [1.165, 1.54) is 36.7 Å². The Morgan fingerprint density at radius 1 is 1.15 bits per heavy atom. The molecule has 0 saturated carbocycles. The SMILES string of the molecule is O=C(NCCc1ccc(N2CCCC2)cc1)c1cc([N+](=O)[O-])ccc1Cl. The molecule has 1 aliphatic rings. The summed E-state index contributed by atoms with van der Waals surface area (Å²) in [7, 11) is 0. The molecule has 0 aliphatic carbocycles. The van der Waals surface area contributed by atoms with Crippen LogP contribution in [0.15, 0.2) is 42.5 Å². The summed E-state index contributed by atoms with van der Waals surface area (Å²) >= 11 is 5.98. The average molecular weight is 374 g/mol. The van der Waals surface area contributed by atoms with Crippen molar-refractivity contribution in [2.45, 2.75) is 19.3 Å². The van der Waals surface area contributed by atoms with Crippen LogP contribution in [0.4, 0.5) is 11.4 Å². The van der Waals surface area contributed by atoms with Gasteiger partial charge in [-0.2, -0.15) is 0 Å². The Kier molecular flexibility index (Phi) is 5.73. The van der Waals surface area contributed by atoms with Crippen molar-refractivity contribution >= 4 is 28.9 Å². The van der Waals surface area contributed by atoms with Crippen LogP contribution in [0.5, 0.6) is 0 Å². The van der Waals surface area contributed by atoms with E-state index in [0.29, 0.717) is 13.0 Å². The van der Waals surface area contributed by atoms with Crippen LogP contribution in [0, 0.1) is 10.1 Å². The van der Waals surface area contributed by atoms with Crippen molar-refractivity contribution in [2.24, 2.45) is 0 Å². The lowest BCUT2D eigenvalue weighted by Gasteiger charge is -2.17. The molecule has 26 heavy (non-hydrogen) atoms. The fourth-order valence-electron chi connectivity index (χ4n) is 3.07. The van der Waals surface area contributed by atoms with Crippen LogP contribution in [-0.2, 0) is 6.42 Å². The molecule has 0 aromatic heterocycles. The first-order valence-corrected chi connectivity index (χ1v) is 8.98. The number of amides is 1. The van der Waals surface area contributed by atoms with Gasteiger partial charge in [0.05, 0.1) is 15.5 Å². The molecule has 1 amide bonds. The zero-order chi connectivity index (χ0) is 18.5. The largest absolute Gasteiger partial charge is 0.372 e. The quantitative estimate of drug-likeness (QED) is 0.617. The molecule has 2 aromatic rings. The third-order valence-electron chi connectivity index (χ3n) is 4.51. The number of nitro groups is 1. The maximum Gasteiger partial charge on any atom is 0.270 e. The van der Waals surface area contributed by atoms with Crippen LogP contribution in [0.25, 0.3) is 0 Å². The molecule has 0 radical (unpaired) electrons. The van der Waals surface area contributed by atoms with Gasteiger partial charge in [0.15, 0.2) is 0 Å². The number of nitrogens with one attached hydrogen (secondary N) is 1. The normalized spacial score (nSPS) is 13.7. The number of carbonyl (C=O) groups excluding carboxylic acids is 1. The third kappa shape index (κ3) is 4.32. The van der Waals surface area contributed by atoms with Crippen molar-refractivity contribution in [2.75, 3.05) is 24.5 Å². The summed E-state index contributed by atoms with van der Waals surface area (Å²) in [6, 6.07) is 12.2. The maximum atomic E-state index is 12.2. The third-order valence-corrected chi connectivity index (χ3v) is 4.84. The average Bonchev–Trinajstić information content (AvgIpc) is 3.17. The van der Waals surface area contributed by atoms with E-state index in [4.69, 9.17) is 11.6 Å². The summed E-state index contributed by atoms with van der Waals surface area (Å²) in [6.45, 7) is 2.65. The Morgan fingerprint density at radius 3 is 2.50 bits per heavy atom. The van der Waals surface area contributed by atoms with E-state index < -0.39 is 10.8 Å². The lowest BCUT2D eigenvalue weighted by molar-refractivity contribution is -0.384. The summed E-state index contributed by atoms with van der Waals surface area (Å²) in [5, 5.41) is 13.8. The van der Waals surface area contributed by atoms with Gasteiger partial charge in [-0.1, -0.05) is 23.7 Å². The first-order chi connectivity index (χ1) is 12.5. The number of benzene rings is 2. The minimum atomic E-state index is -0.547.